The van der Waals surface area contributed by atoms with Gasteiger partial charge >= 0.3 is 0 Å². The lowest BCUT2D eigenvalue weighted by Crippen LogP contribution is -2.38. The van der Waals surface area contributed by atoms with E-state index in [0.29, 0.717) is 12.1 Å². The van der Waals surface area contributed by atoms with E-state index in [2.05, 4.69) is 34.3 Å². The Morgan fingerprint density at radius 2 is 1.95 bits per heavy atom. The fourth-order valence-electron chi connectivity index (χ4n) is 3.31. The van der Waals surface area contributed by atoms with Crippen molar-refractivity contribution in [1.29, 1.82) is 0 Å². The van der Waals surface area contributed by atoms with Gasteiger partial charge in [-0.25, -0.2) is 0 Å². The minimum atomic E-state index is 0.344. The molecule has 0 saturated carbocycles. The summed E-state index contributed by atoms with van der Waals surface area (Å²) in [5.41, 5.74) is 8.72. The van der Waals surface area contributed by atoms with E-state index in [9.17, 15) is 0 Å². The molecule has 0 unspecified atom stereocenters. The van der Waals surface area contributed by atoms with Crippen LogP contribution in [0.3, 0.4) is 0 Å². The summed E-state index contributed by atoms with van der Waals surface area (Å²) in [6, 6.07) is 9.05. The van der Waals surface area contributed by atoms with Crippen LogP contribution in [-0.4, -0.2) is 26.4 Å². The topological polar surface area (TPSA) is 47.3 Å². The zero-order valence-electron chi connectivity index (χ0n) is 12.0. The number of nitrogens with two attached hydrogens (primary N) is 1. The first-order chi connectivity index (χ1) is 9.32. The third kappa shape index (κ3) is 3.35. The molecule has 1 saturated heterocycles. The summed E-state index contributed by atoms with van der Waals surface area (Å²) in [5, 5.41) is 3.47. The molecule has 2 aliphatic rings. The largest absolute Gasteiger partial charge is 0.367 e. The second-order valence-electron chi connectivity index (χ2n) is 5.35. The second-order valence-corrected chi connectivity index (χ2v) is 5.35. The Bertz CT molecular complexity index is 379. The summed E-state index contributed by atoms with van der Waals surface area (Å²) in [6.45, 7) is 5.38. The van der Waals surface area contributed by atoms with E-state index >= 15 is 0 Å². The third-order valence-electron chi connectivity index (χ3n) is 4.34. The standard InChI is InChI=1S/C13H17N.C3H9NO/c1-2-4-12-11(3-1)5-6-13(12)7-9-14-10-8-13;1-2-5-3-4/h1-4,14H,5-10H2;2-4H2,1H3. The van der Waals surface area contributed by atoms with Crippen LogP contribution in [-0.2, 0) is 16.6 Å². The molecule has 3 N–H and O–H groups in total. The molecule has 1 fully saturated rings. The Kier molecular flexibility index (Phi) is 5.37. The molecule has 0 bridgehead atoms. The van der Waals surface area contributed by atoms with E-state index in [4.69, 9.17) is 5.73 Å². The fraction of sp³-hybridized carbons (Fsp3) is 0.625. The minimum absolute atomic E-state index is 0.344. The lowest BCUT2D eigenvalue weighted by molar-refractivity contribution is 0.155. The number of benzene rings is 1. The molecule has 0 atom stereocenters. The molecule has 1 aromatic rings. The number of hydrogen-bond acceptors (Lipinski definition) is 3. The third-order valence-corrected chi connectivity index (χ3v) is 4.34. The van der Waals surface area contributed by atoms with Crippen molar-refractivity contribution >= 4 is 0 Å². The average Bonchev–Trinajstić information content (AvgIpc) is 2.81. The van der Waals surface area contributed by atoms with E-state index in [1.165, 1.54) is 38.8 Å². The highest BCUT2D eigenvalue weighted by Crippen LogP contribution is 2.44. The molecule has 19 heavy (non-hydrogen) atoms. The smallest absolute Gasteiger partial charge is 0.0940 e. The van der Waals surface area contributed by atoms with E-state index in [1.807, 2.05) is 6.92 Å². The van der Waals surface area contributed by atoms with Gasteiger partial charge in [-0.2, -0.15) is 0 Å². The lowest BCUT2D eigenvalue weighted by Gasteiger charge is -2.34. The van der Waals surface area contributed by atoms with Crippen LogP contribution >= 0.6 is 0 Å². The van der Waals surface area contributed by atoms with E-state index in [0.717, 1.165) is 6.61 Å². The number of nitrogens with one attached hydrogen (secondary N) is 1. The van der Waals surface area contributed by atoms with Crippen molar-refractivity contribution < 1.29 is 4.74 Å². The molecule has 106 valence electrons. The molecule has 1 aliphatic carbocycles. The molecule has 0 radical (unpaired) electrons. The SMILES string of the molecule is CCOCN.c1ccc2c(c1)CCC21CCNCC1. The molecule has 1 spiro atoms. The van der Waals surface area contributed by atoms with Gasteiger partial charge in [0.2, 0.25) is 0 Å². The monoisotopic (exact) mass is 262 g/mol. The Hall–Kier alpha value is -0.900. The first-order valence-corrected chi connectivity index (χ1v) is 7.39. The van der Waals surface area contributed by atoms with E-state index < -0.39 is 0 Å². The molecular weight excluding hydrogens is 236 g/mol. The van der Waals surface area contributed by atoms with E-state index in [-0.39, 0.29) is 0 Å². The van der Waals surface area contributed by atoms with Gasteiger partial charge in [0.25, 0.3) is 0 Å². The number of hydrogen-bond donors (Lipinski definition) is 2. The van der Waals surface area contributed by atoms with Gasteiger partial charge in [0.1, 0.15) is 0 Å². The summed E-state index contributed by atoms with van der Waals surface area (Å²) in [4.78, 5) is 0. The molecule has 1 heterocycles. The van der Waals surface area contributed by atoms with E-state index in [1.54, 1.807) is 11.1 Å². The van der Waals surface area contributed by atoms with Crippen LogP contribution in [0.2, 0.25) is 0 Å². The highest BCUT2D eigenvalue weighted by atomic mass is 16.5. The first-order valence-electron chi connectivity index (χ1n) is 7.39. The second kappa shape index (κ2) is 7.04. The van der Waals surface area contributed by atoms with Crippen LogP contribution in [0.15, 0.2) is 24.3 Å². The highest BCUT2D eigenvalue weighted by molar-refractivity contribution is 5.39. The van der Waals surface area contributed by atoms with Crippen molar-refractivity contribution in [1.82, 2.24) is 5.32 Å². The molecule has 3 nitrogen and oxygen atoms in total. The number of piperidine rings is 1. The van der Waals surface area contributed by atoms with Gasteiger partial charge in [-0.1, -0.05) is 24.3 Å². The summed E-state index contributed by atoms with van der Waals surface area (Å²) in [7, 11) is 0. The Labute approximate surface area is 116 Å². The van der Waals surface area contributed by atoms with Gasteiger partial charge in [0, 0.05) is 6.61 Å². The van der Waals surface area contributed by atoms with Gasteiger partial charge in [-0.3, -0.25) is 0 Å². The highest BCUT2D eigenvalue weighted by Gasteiger charge is 2.38. The Morgan fingerprint density at radius 1 is 1.21 bits per heavy atom. The van der Waals surface area contributed by atoms with Crippen LogP contribution in [0.25, 0.3) is 0 Å². The lowest BCUT2D eigenvalue weighted by atomic mass is 9.74. The maximum atomic E-state index is 4.92. The first kappa shape index (κ1) is 14.5. The van der Waals surface area contributed by atoms with Crippen molar-refractivity contribution in [2.45, 2.75) is 38.0 Å². The van der Waals surface area contributed by atoms with Crippen molar-refractivity contribution in [3.63, 3.8) is 0 Å². The average molecular weight is 262 g/mol. The molecule has 3 heteroatoms. The fourth-order valence-corrected chi connectivity index (χ4v) is 3.31. The van der Waals surface area contributed by atoms with Crippen LogP contribution in [0.5, 0.6) is 0 Å². The minimum Gasteiger partial charge on any atom is -0.367 e. The molecule has 3 rings (SSSR count). The maximum Gasteiger partial charge on any atom is 0.0940 e. The normalized spacial score (nSPS) is 19.7. The molecule has 0 amide bonds. The number of fused-ring (bicyclic) bond motifs is 2. The van der Waals surface area contributed by atoms with Crippen LogP contribution in [0.4, 0.5) is 0 Å². The maximum absolute atomic E-state index is 4.92. The molecule has 1 aromatic carbocycles. The predicted molar refractivity (Wildman–Crippen MR) is 79.2 cm³/mol. The zero-order valence-corrected chi connectivity index (χ0v) is 12.0. The summed E-state index contributed by atoms with van der Waals surface area (Å²) >= 11 is 0. The zero-order chi connectivity index (χ0) is 13.6. The Balaban J connectivity index is 0.000000232. The van der Waals surface area contributed by atoms with Gasteiger partial charge in [0.15, 0.2) is 0 Å². The summed E-state index contributed by atoms with van der Waals surface area (Å²) in [5.74, 6) is 0. The number of aryl methyl sites for hydroxylation is 1. The quantitative estimate of drug-likeness (QED) is 0.803. The van der Waals surface area contributed by atoms with Crippen molar-refractivity contribution in [2.24, 2.45) is 5.73 Å². The van der Waals surface area contributed by atoms with Crippen LogP contribution < -0.4 is 11.1 Å². The molecule has 1 aliphatic heterocycles. The van der Waals surface area contributed by atoms with Crippen LogP contribution in [0, 0.1) is 0 Å². The number of rotatable bonds is 2. The van der Waals surface area contributed by atoms with Gasteiger partial charge < -0.3 is 15.8 Å². The number of ether oxygens (including phenoxy) is 1. The summed E-state index contributed by atoms with van der Waals surface area (Å²) in [6.07, 6.45) is 5.36. The van der Waals surface area contributed by atoms with Crippen LogP contribution in [0.1, 0.15) is 37.3 Å². The molecular formula is C16H26N2O. The molecule has 0 aromatic heterocycles. The van der Waals surface area contributed by atoms with Gasteiger partial charge in [-0.15, -0.1) is 0 Å². The Morgan fingerprint density at radius 3 is 2.58 bits per heavy atom. The van der Waals surface area contributed by atoms with Crippen molar-refractivity contribution in [2.75, 3.05) is 26.4 Å². The van der Waals surface area contributed by atoms with Gasteiger partial charge in [-0.05, 0) is 62.2 Å². The van der Waals surface area contributed by atoms with Crippen molar-refractivity contribution in [3.05, 3.63) is 35.4 Å². The van der Waals surface area contributed by atoms with Crippen molar-refractivity contribution in [3.8, 4) is 0 Å². The van der Waals surface area contributed by atoms with Gasteiger partial charge in [0.05, 0.1) is 6.73 Å². The summed E-state index contributed by atoms with van der Waals surface area (Å²) < 4.78 is 4.61. The predicted octanol–water partition coefficient (Wildman–Crippen LogP) is 2.19.